The molecule has 1 aromatic carbocycles. The molecular weight excluding hydrogens is 319 g/mol. The minimum Gasteiger partial charge on any atom is -0.354 e. The number of carbonyl (C=O) groups is 2. The van der Waals surface area contributed by atoms with Crippen LogP contribution in [0.3, 0.4) is 0 Å². The Kier molecular flexibility index (Phi) is 5.17. The normalized spacial score (nSPS) is 18.5. The highest BCUT2D eigenvalue weighted by molar-refractivity contribution is 8.00. The van der Waals surface area contributed by atoms with Gasteiger partial charge in [0.25, 0.3) is 0 Å². The van der Waals surface area contributed by atoms with Crippen molar-refractivity contribution in [2.45, 2.75) is 29.3 Å². The van der Waals surface area contributed by atoms with E-state index in [0.717, 1.165) is 6.42 Å². The Morgan fingerprint density at radius 1 is 1.36 bits per heavy atom. The number of anilines is 1. The van der Waals surface area contributed by atoms with E-state index in [4.69, 9.17) is 0 Å². The van der Waals surface area contributed by atoms with Crippen molar-refractivity contribution in [1.82, 2.24) is 10.6 Å². The molecule has 0 saturated carbocycles. The van der Waals surface area contributed by atoms with Crippen molar-refractivity contribution in [3.63, 3.8) is 0 Å². The molecule has 1 aliphatic heterocycles. The lowest BCUT2D eigenvalue weighted by atomic mass is 10.1. The number of urea groups is 1. The van der Waals surface area contributed by atoms with Crippen LogP contribution in [0, 0.1) is 0 Å². The summed E-state index contributed by atoms with van der Waals surface area (Å²) in [7, 11) is 0. The summed E-state index contributed by atoms with van der Waals surface area (Å²) < 4.78 is 36.9. The highest BCUT2D eigenvalue weighted by Crippen LogP contribution is 2.37. The topological polar surface area (TPSA) is 70.2 Å². The molecule has 0 radical (unpaired) electrons. The minimum atomic E-state index is -4.39. The number of amides is 3. The van der Waals surface area contributed by atoms with E-state index < -0.39 is 17.6 Å². The van der Waals surface area contributed by atoms with Crippen LogP contribution in [0.2, 0.25) is 0 Å². The van der Waals surface area contributed by atoms with E-state index >= 15 is 0 Å². The number of nitrogens with one attached hydrogen (secondary N) is 3. The molecule has 0 unspecified atom stereocenters. The van der Waals surface area contributed by atoms with Gasteiger partial charge in [-0.15, -0.1) is 0 Å². The lowest BCUT2D eigenvalue weighted by molar-refractivity contribution is -0.124. The van der Waals surface area contributed by atoms with Gasteiger partial charge < -0.3 is 16.0 Å². The number of alkyl halides is 3. The van der Waals surface area contributed by atoms with E-state index in [-0.39, 0.29) is 28.3 Å². The minimum absolute atomic E-state index is 0.0271. The van der Waals surface area contributed by atoms with E-state index in [9.17, 15) is 22.8 Å². The molecule has 1 saturated heterocycles. The van der Waals surface area contributed by atoms with Gasteiger partial charge in [0.15, 0.2) is 0 Å². The lowest BCUT2D eigenvalue weighted by Crippen LogP contribution is -2.51. The molecule has 5 nitrogen and oxygen atoms in total. The van der Waals surface area contributed by atoms with Gasteiger partial charge in [-0.2, -0.15) is 13.2 Å². The second-order valence-electron chi connectivity index (χ2n) is 4.66. The third-order valence-corrected chi connectivity index (χ3v) is 3.64. The summed E-state index contributed by atoms with van der Waals surface area (Å²) in [6, 6.07) is 4.16. The van der Waals surface area contributed by atoms with Crippen LogP contribution in [0.25, 0.3) is 0 Å². The van der Waals surface area contributed by atoms with E-state index in [1.807, 2.05) is 0 Å². The highest BCUT2D eigenvalue weighted by atomic mass is 32.2. The number of carbonyl (C=O) groups excluding carboxylic acids is 2. The Hall–Kier alpha value is -1.90. The number of piperidine rings is 1. The molecule has 120 valence electrons. The molecule has 0 spiro atoms. The Morgan fingerprint density at radius 2 is 2.14 bits per heavy atom. The molecule has 0 bridgehead atoms. The van der Waals surface area contributed by atoms with Gasteiger partial charge in [-0.3, -0.25) is 4.79 Å². The Balaban J connectivity index is 1.93. The van der Waals surface area contributed by atoms with Gasteiger partial charge in [0.05, 0.1) is 0 Å². The quantitative estimate of drug-likeness (QED) is 0.745. The molecule has 1 fully saturated rings. The van der Waals surface area contributed by atoms with Crippen LogP contribution in [0.15, 0.2) is 29.2 Å². The van der Waals surface area contributed by atoms with Crippen LogP contribution in [0.1, 0.15) is 12.8 Å². The van der Waals surface area contributed by atoms with Crippen LogP contribution in [0.5, 0.6) is 0 Å². The second-order valence-corrected chi connectivity index (χ2v) is 5.80. The summed E-state index contributed by atoms with van der Waals surface area (Å²) >= 11 is -0.258. The SMILES string of the molecule is O=C(Nc1cccc(SC(F)(F)F)c1)N[C@@H]1CCCNC1=O. The molecule has 0 aromatic heterocycles. The molecule has 1 heterocycles. The number of thioether (sulfide) groups is 1. The van der Waals surface area contributed by atoms with Crippen LogP contribution in [-0.4, -0.2) is 30.0 Å². The number of halogens is 3. The van der Waals surface area contributed by atoms with Crippen LogP contribution in [-0.2, 0) is 4.79 Å². The van der Waals surface area contributed by atoms with Crippen molar-refractivity contribution < 1.29 is 22.8 Å². The van der Waals surface area contributed by atoms with E-state index in [1.165, 1.54) is 24.3 Å². The van der Waals surface area contributed by atoms with Gasteiger partial charge in [-0.25, -0.2) is 4.79 Å². The first kappa shape index (κ1) is 16.5. The van der Waals surface area contributed by atoms with Crippen molar-refractivity contribution in [2.24, 2.45) is 0 Å². The van der Waals surface area contributed by atoms with Crippen molar-refractivity contribution in [1.29, 1.82) is 0 Å². The largest absolute Gasteiger partial charge is 0.446 e. The zero-order valence-electron chi connectivity index (χ0n) is 11.4. The fraction of sp³-hybridized carbons (Fsp3) is 0.385. The first-order chi connectivity index (χ1) is 10.3. The Bertz CT molecular complexity index is 566. The van der Waals surface area contributed by atoms with Crippen LogP contribution >= 0.6 is 11.8 Å². The molecule has 9 heteroatoms. The molecule has 3 amide bonds. The van der Waals surface area contributed by atoms with Crippen molar-refractivity contribution in [2.75, 3.05) is 11.9 Å². The zero-order valence-corrected chi connectivity index (χ0v) is 12.2. The average molecular weight is 333 g/mol. The van der Waals surface area contributed by atoms with Gasteiger partial charge >= 0.3 is 11.5 Å². The molecule has 2 rings (SSSR count). The van der Waals surface area contributed by atoms with Gasteiger partial charge in [0.2, 0.25) is 5.91 Å². The van der Waals surface area contributed by atoms with E-state index in [2.05, 4.69) is 16.0 Å². The summed E-state index contributed by atoms with van der Waals surface area (Å²) in [6.07, 6.45) is 1.29. The zero-order chi connectivity index (χ0) is 16.2. The van der Waals surface area contributed by atoms with Gasteiger partial charge in [0, 0.05) is 17.1 Å². The molecule has 0 aliphatic carbocycles. The maximum absolute atomic E-state index is 12.3. The van der Waals surface area contributed by atoms with Crippen LogP contribution < -0.4 is 16.0 Å². The van der Waals surface area contributed by atoms with Crippen molar-refractivity contribution >= 4 is 29.4 Å². The summed E-state index contributed by atoms with van der Waals surface area (Å²) in [5.74, 6) is -0.261. The average Bonchev–Trinajstić information content (AvgIpc) is 2.40. The molecule has 3 N–H and O–H groups in total. The van der Waals surface area contributed by atoms with Crippen molar-refractivity contribution in [3.05, 3.63) is 24.3 Å². The standard InChI is InChI=1S/C13H14F3N3O2S/c14-13(15,16)22-9-4-1-3-8(7-9)18-12(21)19-10-5-2-6-17-11(10)20/h1,3-4,7,10H,2,5-6H2,(H,17,20)(H2,18,19,21)/t10-/m1/s1. The fourth-order valence-corrected chi connectivity index (χ4v) is 2.61. The number of benzene rings is 1. The summed E-state index contributed by atoms with van der Waals surface area (Å²) in [5.41, 5.74) is -4.16. The first-order valence-corrected chi connectivity index (χ1v) is 7.36. The predicted molar refractivity (Wildman–Crippen MR) is 76.5 cm³/mol. The number of rotatable bonds is 3. The molecular formula is C13H14F3N3O2S. The van der Waals surface area contributed by atoms with Gasteiger partial charge in [-0.05, 0) is 42.8 Å². The summed E-state index contributed by atoms with van der Waals surface area (Å²) in [6.45, 7) is 0.579. The molecule has 1 aromatic rings. The third-order valence-electron chi connectivity index (χ3n) is 2.92. The monoisotopic (exact) mass is 333 g/mol. The molecule has 22 heavy (non-hydrogen) atoms. The maximum atomic E-state index is 12.3. The highest BCUT2D eigenvalue weighted by Gasteiger charge is 2.29. The van der Waals surface area contributed by atoms with Crippen LogP contribution in [0.4, 0.5) is 23.7 Å². The Morgan fingerprint density at radius 3 is 2.82 bits per heavy atom. The maximum Gasteiger partial charge on any atom is 0.446 e. The van der Waals surface area contributed by atoms with Gasteiger partial charge in [-0.1, -0.05) is 6.07 Å². The van der Waals surface area contributed by atoms with E-state index in [0.29, 0.717) is 13.0 Å². The summed E-state index contributed by atoms with van der Waals surface area (Å²) in [5, 5.41) is 7.55. The van der Waals surface area contributed by atoms with Crippen molar-refractivity contribution in [3.8, 4) is 0 Å². The summed E-state index contributed by atoms with van der Waals surface area (Å²) in [4.78, 5) is 23.3. The van der Waals surface area contributed by atoms with Gasteiger partial charge in [0.1, 0.15) is 6.04 Å². The second kappa shape index (κ2) is 6.91. The smallest absolute Gasteiger partial charge is 0.354 e. The predicted octanol–water partition coefficient (Wildman–Crippen LogP) is 2.70. The third kappa shape index (κ3) is 5.14. The number of hydrogen-bond donors (Lipinski definition) is 3. The van der Waals surface area contributed by atoms with E-state index in [1.54, 1.807) is 0 Å². The fourth-order valence-electron chi connectivity index (χ4n) is 2.01. The Labute approximate surface area is 129 Å². The first-order valence-electron chi connectivity index (χ1n) is 6.54. The number of hydrogen-bond acceptors (Lipinski definition) is 3. The molecule has 1 atom stereocenters. The molecule has 1 aliphatic rings. The lowest BCUT2D eigenvalue weighted by Gasteiger charge is -2.22.